The van der Waals surface area contributed by atoms with E-state index in [2.05, 4.69) is 20.8 Å². The summed E-state index contributed by atoms with van der Waals surface area (Å²) in [7, 11) is 0. The lowest BCUT2D eigenvalue weighted by Gasteiger charge is -2.61. The van der Waals surface area contributed by atoms with Crippen molar-refractivity contribution in [1.29, 1.82) is 0 Å². The van der Waals surface area contributed by atoms with E-state index in [9.17, 15) is 4.79 Å². The summed E-state index contributed by atoms with van der Waals surface area (Å²) in [5, 5.41) is 0. The topological polar surface area (TPSA) is 26.3 Å². The second-order valence-electron chi connectivity index (χ2n) is 9.82. The van der Waals surface area contributed by atoms with Gasteiger partial charge in [-0.2, -0.15) is 0 Å². The van der Waals surface area contributed by atoms with Crippen LogP contribution in [0.5, 0.6) is 0 Å². The van der Waals surface area contributed by atoms with Gasteiger partial charge in [0.1, 0.15) is 5.78 Å². The lowest BCUT2D eigenvalue weighted by Crippen LogP contribution is -2.56. The van der Waals surface area contributed by atoms with Gasteiger partial charge in [-0.05, 0) is 86.9 Å². The molecule has 136 valence electrons. The van der Waals surface area contributed by atoms with Gasteiger partial charge in [0, 0.05) is 18.4 Å². The van der Waals surface area contributed by atoms with E-state index >= 15 is 0 Å². The molecule has 7 unspecified atom stereocenters. The largest absolute Gasteiger partial charge is 0.381 e. The number of carbonyl (C=O) groups is 1. The Morgan fingerprint density at radius 3 is 2.71 bits per heavy atom. The van der Waals surface area contributed by atoms with Crippen molar-refractivity contribution in [2.45, 2.75) is 78.6 Å². The Bertz CT molecular complexity index is 496. The summed E-state index contributed by atoms with van der Waals surface area (Å²) in [5.41, 5.74) is 0.446. The molecule has 4 rings (SSSR count). The van der Waals surface area contributed by atoms with Gasteiger partial charge in [0.15, 0.2) is 0 Å². The number of hydrogen-bond donors (Lipinski definition) is 0. The molecule has 0 spiro atoms. The minimum atomic E-state index is 0.0166. The van der Waals surface area contributed by atoms with Gasteiger partial charge < -0.3 is 4.74 Å². The van der Waals surface area contributed by atoms with Crippen molar-refractivity contribution in [3.8, 4) is 0 Å². The smallest absolute Gasteiger partial charge is 0.139 e. The van der Waals surface area contributed by atoms with Gasteiger partial charge >= 0.3 is 0 Å². The van der Waals surface area contributed by atoms with Crippen LogP contribution < -0.4 is 0 Å². The van der Waals surface area contributed by atoms with E-state index in [-0.39, 0.29) is 5.41 Å². The summed E-state index contributed by atoms with van der Waals surface area (Å²) in [4.78, 5) is 12.6. The van der Waals surface area contributed by atoms with Gasteiger partial charge in [-0.3, -0.25) is 4.79 Å². The predicted octanol–water partition coefficient (Wildman–Crippen LogP) is 5.25. The monoisotopic (exact) mass is 332 g/mol. The molecule has 0 aliphatic heterocycles. The SMILES string of the molecule is CCOCC12CCC(C)CC1CCC1C3CCC(=O)C3(C)CCC12. The average Bonchev–Trinajstić information content (AvgIpc) is 2.88. The van der Waals surface area contributed by atoms with Crippen LogP contribution in [0.15, 0.2) is 0 Å². The summed E-state index contributed by atoms with van der Waals surface area (Å²) in [5.74, 6) is 4.62. The fourth-order valence-corrected chi connectivity index (χ4v) is 7.61. The molecule has 4 aliphatic rings. The Balaban J connectivity index is 1.65. The van der Waals surface area contributed by atoms with E-state index < -0.39 is 0 Å². The molecule has 0 amide bonds. The summed E-state index contributed by atoms with van der Waals surface area (Å²) in [6.07, 6.45) is 11.4. The molecule has 7 atom stereocenters. The molecule has 0 heterocycles. The number of fused-ring (bicyclic) bond motifs is 5. The highest BCUT2D eigenvalue weighted by Gasteiger charge is 2.61. The number of Topliss-reactive ketones (excluding diaryl/α,β-unsaturated/α-hetero) is 1. The first-order valence-electron chi connectivity index (χ1n) is 10.6. The Morgan fingerprint density at radius 1 is 1.08 bits per heavy atom. The van der Waals surface area contributed by atoms with Gasteiger partial charge in [0.2, 0.25) is 0 Å². The lowest BCUT2D eigenvalue weighted by molar-refractivity contribution is -0.157. The standard InChI is InChI=1S/C22H36O2/c1-4-24-14-22-12-9-15(2)13-16(22)5-6-17-18-7-8-20(23)21(18,3)11-10-19(17)22/h15-19H,4-14H2,1-3H3. The van der Waals surface area contributed by atoms with Crippen LogP contribution in [0, 0.1) is 40.4 Å². The van der Waals surface area contributed by atoms with E-state index in [1.807, 2.05) is 0 Å². The summed E-state index contributed by atoms with van der Waals surface area (Å²) >= 11 is 0. The maximum atomic E-state index is 12.6. The molecule has 0 aromatic rings. The Labute approximate surface area is 148 Å². The van der Waals surface area contributed by atoms with Crippen LogP contribution in [0.4, 0.5) is 0 Å². The van der Waals surface area contributed by atoms with Gasteiger partial charge in [-0.1, -0.05) is 20.3 Å². The fourth-order valence-electron chi connectivity index (χ4n) is 7.61. The van der Waals surface area contributed by atoms with Gasteiger partial charge in [0.25, 0.3) is 0 Å². The number of hydrogen-bond acceptors (Lipinski definition) is 2. The lowest BCUT2D eigenvalue weighted by atomic mass is 9.44. The Morgan fingerprint density at radius 2 is 1.92 bits per heavy atom. The van der Waals surface area contributed by atoms with Crippen LogP contribution >= 0.6 is 0 Å². The second kappa shape index (κ2) is 6.11. The first-order chi connectivity index (χ1) is 11.5. The highest BCUT2D eigenvalue weighted by molar-refractivity contribution is 5.87. The van der Waals surface area contributed by atoms with E-state index in [0.29, 0.717) is 17.1 Å². The van der Waals surface area contributed by atoms with Crippen LogP contribution in [0.3, 0.4) is 0 Å². The summed E-state index contributed by atoms with van der Waals surface area (Å²) in [6.45, 7) is 8.73. The predicted molar refractivity (Wildman–Crippen MR) is 96.7 cm³/mol. The van der Waals surface area contributed by atoms with E-state index in [1.165, 1.54) is 44.9 Å². The molecule has 2 heteroatoms. The molecular formula is C22H36O2. The van der Waals surface area contributed by atoms with Gasteiger partial charge in [0.05, 0.1) is 6.61 Å². The number of rotatable bonds is 3. The number of ketones is 1. The minimum Gasteiger partial charge on any atom is -0.381 e. The number of ether oxygens (including phenoxy) is 1. The molecule has 24 heavy (non-hydrogen) atoms. The van der Waals surface area contributed by atoms with Gasteiger partial charge in [-0.25, -0.2) is 0 Å². The van der Waals surface area contributed by atoms with Crippen molar-refractivity contribution in [2.75, 3.05) is 13.2 Å². The molecule has 4 fully saturated rings. The minimum absolute atomic E-state index is 0.0166. The van der Waals surface area contributed by atoms with E-state index in [4.69, 9.17) is 4.74 Å². The van der Waals surface area contributed by atoms with E-state index in [0.717, 1.165) is 49.7 Å². The molecule has 0 saturated heterocycles. The molecule has 0 bridgehead atoms. The highest BCUT2D eigenvalue weighted by Crippen LogP contribution is 2.66. The Kier molecular flexibility index (Phi) is 4.34. The van der Waals surface area contributed by atoms with Crippen molar-refractivity contribution in [3.63, 3.8) is 0 Å². The zero-order valence-corrected chi connectivity index (χ0v) is 16.0. The van der Waals surface area contributed by atoms with Crippen LogP contribution in [-0.2, 0) is 9.53 Å². The van der Waals surface area contributed by atoms with Gasteiger partial charge in [-0.15, -0.1) is 0 Å². The number of carbonyl (C=O) groups excluding carboxylic acids is 1. The molecule has 0 N–H and O–H groups in total. The third kappa shape index (κ3) is 2.35. The fraction of sp³-hybridized carbons (Fsp3) is 0.955. The van der Waals surface area contributed by atoms with Crippen LogP contribution in [0.2, 0.25) is 0 Å². The molecule has 0 aromatic heterocycles. The molecule has 4 aliphatic carbocycles. The highest BCUT2D eigenvalue weighted by atomic mass is 16.5. The van der Waals surface area contributed by atoms with E-state index in [1.54, 1.807) is 0 Å². The first-order valence-corrected chi connectivity index (χ1v) is 10.6. The molecule has 0 radical (unpaired) electrons. The average molecular weight is 333 g/mol. The summed E-state index contributed by atoms with van der Waals surface area (Å²) < 4.78 is 6.11. The van der Waals surface area contributed by atoms with Crippen molar-refractivity contribution in [3.05, 3.63) is 0 Å². The zero-order valence-electron chi connectivity index (χ0n) is 16.0. The van der Waals surface area contributed by atoms with Crippen molar-refractivity contribution in [1.82, 2.24) is 0 Å². The van der Waals surface area contributed by atoms with Crippen molar-refractivity contribution >= 4 is 5.78 Å². The summed E-state index contributed by atoms with van der Waals surface area (Å²) in [6, 6.07) is 0. The van der Waals surface area contributed by atoms with Crippen LogP contribution in [-0.4, -0.2) is 19.0 Å². The zero-order chi connectivity index (χ0) is 16.9. The van der Waals surface area contributed by atoms with Crippen molar-refractivity contribution in [2.24, 2.45) is 40.4 Å². The second-order valence-corrected chi connectivity index (χ2v) is 9.82. The first kappa shape index (κ1) is 17.1. The third-order valence-corrected chi connectivity index (χ3v) is 8.91. The maximum Gasteiger partial charge on any atom is 0.139 e. The molecular weight excluding hydrogens is 296 g/mol. The third-order valence-electron chi connectivity index (χ3n) is 8.91. The maximum absolute atomic E-state index is 12.6. The van der Waals surface area contributed by atoms with Crippen LogP contribution in [0.1, 0.15) is 78.6 Å². The molecule has 0 aromatic carbocycles. The Hall–Kier alpha value is -0.370. The normalized spacial score (nSPS) is 51.0. The quantitative estimate of drug-likeness (QED) is 0.705. The van der Waals surface area contributed by atoms with Crippen molar-refractivity contribution < 1.29 is 9.53 Å². The van der Waals surface area contributed by atoms with Crippen LogP contribution in [0.25, 0.3) is 0 Å². The molecule has 2 nitrogen and oxygen atoms in total. The molecule has 4 saturated carbocycles.